The fourth-order valence-electron chi connectivity index (χ4n) is 2.20. The molecule has 0 aliphatic heterocycles. The number of hydrogen-bond acceptors (Lipinski definition) is 1. The van der Waals surface area contributed by atoms with Crippen LogP contribution in [0.4, 0.5) is 4.39 Å². The smallest absolute Gasteiger partial charge is 0.128 e. The molecule has 0 saturated heterocycles. The highest BCUT2D eigenvalue weighted by Crippen LogP contribution is 2.36. The second-order valence-electron chi connectivity index (χ2n) is 4.80. The summed E-state index contributed by atoms with van der Waals surface area (Å²) in [5, 5.41) is 3.39. The maximum atomic E-state index is 13.8. The molecule has 0 aromatic heterocycles. The molecule has 0 radical (unpaired) electrons. The molecular formula is C14H19BrFN. The van der Waals surface area contributed by atoms with Gasteiger partial charge in [-0.25, -0.2) is 4.39 Å². The van der Waals surface area contributed by atoms with Gasteiger partial charge >= 0.3 is 0 Å². The first-order valence-electron chi connectivity index (χ1n) is 6.39. The third-order valence-corrected chi connectivity index (χ3v) is 3.84. The lowest BCUT2D eigenvalue weighted by Crippen LogP contribution is -2.22. The minimum absolute atomic E-state index is 0.102. The third kappa shape index (κ3) is 3.78. The van der Waals surface area contributed by atoms with Crippen molar-refractivity contribution in [3.63, 3.8) is 0 Å². The van der Waals surface area contributed by atoms with Crippen LogP contribution in [-0.4, -0.2) is 6.54 Å². The van der Waals surface area contributed by atoms with E-state index in [4.69, 9.17) is 0 Å². The maximum absolute atomic E-state index is 13.8. The van der Waals surface area contributed by atoms with E-state index in [0.717, 1.165) is 28.9 Å². The molecule has 0 bridgehead atoms. The van der Waals surface area contributed by atoms with E-state index in [2.05, 4.69) is 28.2 Å². The quantitative estimate of drug-likeness (QED) is 0.819. The Morgan fingerprint density at radius 3 is 2.88 bits per heavy atom. The predicted molar refractivity (Wildman–Crippen MR) is 72.5 cm³/mol. The summed E-state index contributed by atoms with van der Waals surface area (Å²) in [5.74, 6) is 0.793. The molecule has 0 spiro atoms. The molecule has 1 fully saturated rings. The summed E-state index contributed by atoms with van der Waals surface area (Å²) in [6.45, 7) is 2.95. The van der Waals surface area contributed by atoms with Crippen LogP contribution < -0.4 is 5.32 Å². The number of benzene rings is 1. The van der Waals surface area contributed by atoms with Gasteiger partial charge in [0, 0.05) is 16.1 Å². The van der Waals surface area contributed by atoms with Gasteiger partial charge in [-0.05, 0) is 43.5 Å². The van der Waals surface area contributed by atoms with E-state index < -0.39 is 0 Å². The van der Waals surface area contributed by atoms with Crippen LogP contribution in [0.3, 0.4) is 0 Å². The third-order valence-electron chi connectivity index (χ3n) is 3.34. The standard InChI is InChI=1S/C14H19BrFN/c1-2-17-14(8-5-10-3-4-10)12-9-11(15)6-7-13(12)16/h6-7,9-10,14,17H,2-5,8H2,1H3. The molecule has 1 atom stereocenters. The Morgan fingerprint density at radius 1 is 1.47 bits per heavy atom. The van der Waals surface area contributed by atoms with Gasteiger partial charge in [-0.1, -0.05) is 35.7 Å². The Kier molecular flexibility index (Phi) is 4.57. The van der Waals surface area contributed by atoms with Crippen LogP contribution in [-0.2, 0) is 0 Å². The molecule has 0 amide bonds. The number of hydrogen-bond donors (Lipinski definition) is 1. The summed E-state index contributed by atoms with van der Waals surface area (Å²) in [5.41, 5.74) is 0.793. The predicted octanol–water partition coefficient (Wildman–Crippen LogP) is 4.43. The molecule has 3 heteroatoms. The fourth-order valence-corrected chi connectivity index (χ4v) is 2.58. The van der Waals surface area contributed by atoms with Gasteiger partial charge in [0.1, 0.15) is 5.82 Å². The molecule has 2 rings (SSSR count). The zero-order chi connectivity index (χ0) is 12.3. The molecule has 17 heavy (non-hydrogen) atoms. The van der Waals surface area contributed by atoms with Crippen molar-refractivity contribution in [3.8, 4) is 0 Å². The summed E-state index contributed by atoms with van der Waals surface area (Å²) in [6.07, 6.45) is 4.97. The second kappa shape index (κ2) is 5.96. The molecule has 1 aliphatic rings. The van der Waals surface area contributed by atoms with Gasteiger partial charge in [-0.3, -0.25) is 0 Å². The lowest BCUT2D eigenvalue weighted by molar-refractivity contribution is 0.460. The van der Waals surface area contributed by atoms with E-state index in [1.807, 2.05) is 6.07 Å². The van der Waals surface area contributed by atoms with E-state index in [-0.39, 0.29) is 11.9 Å². The van der Waals surface area contributed by atoms with Crippen molar-refractivity contribution < 1.29 is 4.39 Å². The van der Waals surface area contributed by atoms with Gasteiger partial charge in [0.05, 0.1) is 0 Å². The molecule has 1 aromatic rings. The zero-order valence-electron chi connectivity index (χ0n) is 10.2. The van der Waals surface area contributed by atoms with Crippen LogP contribution in [0.2, 0.25) is 0 Å². The van der Waals surface area contributed by atoms with Gasteiger partial charge in [0.2, 0.25) is 0 Å². The first kappa shape index (κ1) is 13.0. The average Bonchev–Trinajstić information content (AvgIpc) is 3.12. The average molecular weight is 300 g/mol. The summed E-state index contributed by atoms with van der Waals surface area (Å²) in [4.78, 5) is 0. The molecule has 1 nitrogen and oxygen atoms in total. The van der Waals surface area contributed by atoms with Crippen molar-refractivity contribution in [3.05, 3.63) is 34.1 Å². The Labute approximate surface area is 111 Å². The summed E-state index contributed by atoms with van der Waals surface area (Å²) < 4.78 is 14.8. The molecule has 94 valence electrons. The van der Waals surface area contributed by atoms with E-state index in [0.29, 0.717) is 0 Å². The lowest BCUT2D eigenvalue weighted by atomic mass is 10.00. The zero-order valence-corrected chi connectivity index (χ0v) is 11.8. The summed E-state index contributed by atoms with van der Waals surface area (Å²) in [7, 11) is 0. The maximum Gasteiger partial charge on any atom is 0.128 e. The molecule has 1 N–H and O–H groups in total. The van der Waals surface area contributed by atoms with E-state index in [1.165, 1.54) is 19.3 Å². The molecular weight excluding hydrogens is 281 g/mol. The molecule has 1 aromatic carbocycles. The Morgan fingerprint density at radius 2 is 2.24 bits per heavy atom. The minimum Gasteiger partial charge on any atom is -0.310 e. The van der Waals surface area contributed by atoms with Gasteiger partial charge in [0.15, 0.2) is 0 Å². The van der Waals surface area contributed by atoms with Gasteiger partial charge in [0.25, 0.3) is 0 Å². The number of nitrogens with one attached hydrogen (secondary N) is 1. The van der Waals surface area contributed by atoms with Crippen molar-refractivity contribution >= 4 is 15.9 Å². The van der Waals surface area contributed by atoms with E-state index >= 15 is 0 Å². The van der Waals surface area contributed by atoms with Crippen LogP contribution in [0.5, 0.6) is 0 Å². The van der Waals surface area contributed by atoms with Gasteiger partial charge in [-0.2, -0.15) is 0 Å². The molecule has 1 aliphatic carbocycles. The minimum atomic E-state index is -0.102. The number of halogens is 2. The molecule has 0 heterocycles. The first-order chi connectivity index (χ1) is 8.20. The van der Waals surface area contributed by atoms with Crippen LogP contribution in [0.1, 0.15) is 44.2 Å². The fraction of sp³-hybridized carbons (Fsp3) is 0.571. The van der Waals surface area contributed by atoms with Gasteiger partial charge < -0.3 is 5.32 Å². The lowest BCUT2D eigenvalue weighted by Gasteiger charge is -2.19. The molecule has 1 saturated carbocycles. The monoisotopic (exact) mass is 299 g/mol. The second-order valence-corrected chi connectivity index (χ2v) is 5.71. The van der Waals surface area contributed by atoms with Crippen LogP contribution in [0, 0.1) is 11.7 Å². The van der Waals surface area contributed by atoms with E-state index in [9.17, 15) is 4.39 Å². The Bertz CT molecular complexity index is 376. The summed E-state index contributed by atoms with van der Waals surface area (Å²) >= 11 is 3.41. The topological polar surface area (TPSA) is 12.0 Å². The van der Waals surface area contributed by atoms with Gasteiger partial charge in [-0.15, -0.1) is 0 Å². The first-order valence-corrected chi connectivity index (χ1v) is 7.18. The van der Waals surface area contributed by atoms with Crippen molar-refractivity contribution in [1.82, 2.24) is 5.32 Å². The van der Waals surface area contributed by atoms with Crippen molar-refractivity contribution in [2.75, 3.05) is 6.54 Å². The van der Waals surface area contributed by atoms with Crippen molar-refractivity contribution in [2.45, 2.75) is 38.6 Å². The summed E-state index contributed by atoms with van der Waals surface area (Å²) in [6, 6.07) is 5.34. The van der Waals surface area contributed by atoms with Crippen molar-refractivity contribution in [2.24, 2.45) is 5.92 Å². The SMILES string of the molecule is CCNC(CCC1CC1)c1cc(Br)ccc1F. The van der Waals surface area contributed by atoms with Crippen LogP contribution in [0.15, 0.2) is 22.7 Å². The van der Waals surface area contributed by atoms with E-state index in [1.54, 1.807) is 12.1 Å². The molecule has 1 unspecified atom stereocenters. The van der Waals surface area contributed by atoms with Crippen LogP contribution >= 0.6 is 15.9 Å². The number of rotatable bonds is 6. The Hall–Kier alpha value is -0.410. The highest BCUT2D eigenvalue weighted by Gasteiger charge is 2.23. The Balaban J connectivity index is 2.08. The highest BCUT2D eigenvalue weighted by atomic mass is 79.9. The van der Waals surface area contributed by atoms with Crippen molar-refractivity contribution in [1.29, 1.82) is 0 Å². The van der Waals surface area contributed by atoms with Crippen LogP contribution in [0.25, 0.3) is 0 Å². The largest absolute Gasteiger partial charge is 0.310 e. The normalized spacial score (nSPS) is 17.1. The highest BCUT2D eigenvalue weighted by molar-refractivity contribution is 9.10.